The first kappa shape index (κ1) is 20.7. The van der Waals surface area contributed by atoms with Crippen LogP contribution in [0.15, 0.2) is 24.4 Å². The van der Waals surface area contributed by atoms with Crippen molar-refractivity contribution in [2.24, 2.45) is 5.92 Å². The van der Waals surface area contributed by atoms with Gasteiger partial charge >= 0.3 is 0 Å². The number of nitrogens with zero attached hydrogens (tertiary/aromatic N) is 3. The summed E-state index contributed by atoms with van der Waals surface area (Å²) in [5.74, 6) is 2.03. The van der Waals surface area contributed by atoms with Crippen LogP contribution in [0.5, 0.6) is 0 Å². The average molecular weight is 407 g/mol. The van der Waals surface area contributed by atoms with Crippen LogP contribution in [0.4, 0.5) is 17.5 Å². The summed E-state index contributed by atoms with van der Waals surface area (Å²) in [6, 6.07) is 7.72. The molecule has 4 rings (SSSR count). The van der Waals surface area contributed by atoms with Gasteiger partial charge in [-0.3, -0.25) is 0 Å². The lowest BCUT2D eigenvalue weighted by Gasteiger charge is -2.45. The van der Waals surface area contributed by atoms with Gasteiger partial charge in [0.2, 0.25) is 5.95 Å². The summed E-state index contributed by atoms with van der Waals surface area (Å²) in [5.41, 5.74) is 5.71. The van der Waals surface area contributed by atoms with Gasteiger partial charge < -0.3 is 20.5 Å². The third-order valence-corrected chi connectivity index (χ3v) is 7.37. The minimum Gasteiger partial charge on any atom is -0.366 e. The zero-order valence-electron chi connectivity index (χ0n) is 19.2. The Labute approximate surface area is 179 Å². The maximum Gasteiger partial charge on any atom is 0.231 e. The SMILES string of the molecule is Cc1ccc(Nc2nc(NC3CC(C)N(C)C(C)C3C)c3cc[nH]c3n2)c(C)c1C. The molecule has 0 bridgehead atoms. The smallest absolute Gasteiger partial charge is 0.231 e. The molecular formula is C24H34N6. The molecule has 0 spiro atoms. The highest BCUT2D eigenvalue weighted by molar-refractivity contribution is 5.88. The molecule has 0 aliphatic carbocycles. The van der Waals surface area contributed by atoms with Gasteiger partial charge in [0.25, 0.3) is 0 Å². The summed E-state index contributed by atoms with van der Waals surface area (Å²) < 4.78 is 0. The zero-order valence-corrected chi connectivity index (χ0v) is 19.2. The number of aromatic nitrogens is 3. The van der Waals surface area contributed by atoms with Crippen LogP contribution in [-0.2, 0) is 0 Å². The van der Waals surface area contributed by atoms with Crippen molar-refractivity contribution in [3.8, 4) is 0 Å². The van der Waals surface area contributed by atoms with Gasteiger partial charge in [0.05, 0.1) is 5.39 Å². The van der Waals surface area contributed by atoms with Crippen LogP contribution >= 0.6 is 0 Å². The number of benzene rings is 1. The second-order valence-corrected chi connectivity index (χ2v) is 9.04. The van der Waals surface area contributed by atoms with E-state index in [1.165, 1.54) is 16.7 Å². The Morgan fingerprint density at radius 2 is 1.80 bits per heavy atom. The topological polar surface area (TPSA) is 68.9 Å². The molecule has 30 heavy (non-hydrogen) atoms. The van der Waals surface area contributed by atoms with E-state index in [9.17, 15) is 0 Å². The molecule has 1 aromatic carbocycles. The van der Waals surface area contributed by atoms with Crippen molar-refractivity contribution < 1.29 is 0 Å². The van der Waals surface area contributed by atoms with Crippen LogP contribution in [-0.4, -0.2) is 45.0 Å². The lowest BCUT2D eigenvalue weighted by Crippen LogP contribution is -2.53. The Hall–Kier alpha value is -2.60. The molecule has 0 saturated carbocycles. The third kappa shape index (κ3) is 3.65. The number of H-pyrrole nitrogens is 1. The standard InChI is InChI=1S/C24H34N6/c1-13-8-9-20(16(4)15(13)3)27-24-28-22-19(10-11-25-22)23(29-24)26-21-12-14(2)30(7)18(6)17(21)5/h8-11,14,17-18,21H,12H2,1-7H3,(H3,25,26,27,28,29). The maximum absolute atomic E-state index is 4.89. The van der Waals surface area contributed by atoms with Gasteiger partial charge in [-0.05, 0) is 82.8 Å². The highest BCUT2D eigenvalue weighted by Gasteiger charge is 2.35. The maximum atomic E-state index is 4.89. The first-order chi connectivity index (χ1) is 14.3. The Balaban J connectivity index is 1.66. The summed E-state index contributed by atoms with van der Waals surface area (Å²) >= 11 is 0. The van der Waals surface area contributed by atoms with Gasteiger partial charge in [0, 0.05) is 30.0 Å². The van der Waals surface area contributed by atoms with Crippen molar-refractivity contribution >= 4 is 28.5 Å². The number of piperidine rings is 1. The van der Waals surface area contributed by atoms with Crippen LogP contribution in [0.25, 0.3) is 11.0 Å². The number of aryl methyl sites for hydroxylation is 1. The quantitative estimate of drug-likeness (QED) is 0.559. The van der Waals surface area contributed by atoms with Crippen LogP contribution in [0.1, 0.15) is 43.9 Å². The number of hydrogen-bond acceptors (Lipinski definition) is 5. The normalized spacial score (nSPS) is 24.9. The Kier molecular flexibility index (Phi) is 5.45. The van der Waals surface area contributed by atoms with E-state index in [-0.39, 0.29) is 0 Å². The van der Waals surface area contributed by atoms with Crippen molar-refractivity contribution in [1.29, 1.82) is 0 Å². The summed E-state index contributed by atoms with van der Waals surface area (Å²) in [6.45, 7) is 13.4. The first-order valence-electron chi connectivity index (χ1n) is 10.9. The van der Waals surface area contributed by atoms with E-state index in [0.29, 0.717) is 30.0 Å². The van der Waals surface area contributed by atoms with Crippen LogP contribution < -0.4 is 10.6 Å². The van der Waals surface area contributed by atoms with Crippen LogP contribution in [0.2, 0.25) is 0 Å². The van der Waals surface area contributed by atoms with Gasteiger partial charge in [-0.15, -0.1) is 0 Å². The van der Waals surface area contributed by atoms with E-state index in [0.717, 1.165) is 29.0 Å². The zero-order chi connectivity index (χ0) is 21.6. The Morgan fingerprint density at radius 1 is 1.03 bits per heavy atom. The van der Waals surface area contributed by atoms with E-state index in [2.05, 4.69) is 87.3 Å². The van der Waals surface area contributed by atoms with Crippen molar-refractivity contribution in [2.45, 2.75) is 66.1 Å². The van der Waals surface area contributed by atoms with Crippen molar-refractivity contribution in [3.05, 3.63) is 41.1 Å². The highest BCUT2D eigenvalue weighted by atomic mass is 15.2. The third-order valence-electron chi connectivity index (χ3n) is 7.37. The van der Waals surface area contributed by atoms with Crippen LogP contribution in [0.3, 0.4) is 0 Å². The number of hydrogen-bond donors (Lipinski definition) is 3. The minimum absolute atomic E-state index is 0.371. The fourth-order valence-corrected chi connectivity index (χ4v) is 4.54. The Morgan fingerprint density at radius 3 is 2.57 bits per heavy atom. The number of aromatic amines is 1. The van der Waals surface area contributed by atoms with E-state index in [4.69, 9.17) is 9.97 Å². The first-order valence-corrected chi connectivity index (χ1v) is 10.9. The predicted molar refractivity (Wildman–Crippen MR) is 126 cm³/mol. The fraction of sp³-hybridized carbons (Fsp3) is 0.500. The molecule has 4 atom stereocenters. The lowest BCUT2D eigenvalue weighted by molar-refractivity contribution is 0.0829. The van der Waals surface area contributed by atoms with Gasteiger partial charge in [-0.1, -0.05) is 13.0 Å². The van der Waals surface area contributed by atoms with Crippen molar-refractivity contribution in [2.75, 3.05) is 17.7 Å². The van der Waals surface area contributed by atoms with Gasteiger partial charge in [0.1, 0.15) is 11.5 Å². The molecule has 6 heteroatoms. The second kappa shape index (κ2) is 7.91. The lowest BCUT2D eigenvalue weighted by atomic mass is 9.84. The molecule has 1 saturated heterocycles. The summed E-state index contributed by atoms with van der Waals surface area (Å²) in [4.78, 5) is 15.3. The molecule has 6 nitrogen and oxygen atoms in total. The second-order valence-electron chi connectivity index (χ2n) is 9.04. The van der Waals surface area contributed by atoms with E-state index in [1.54, 1.807) is 0 Å². The number of rotatable bonds is 4. The molecule has 0 amide bonds. The molecule has 3 heterocycles. The molecule has 4 unspecified atom stereocenters. The van der Waals surface area contributed by atoms with Crippen LogP contribution in [0, 0.1) is 26.7 Å². The molecule has 1 aliphatic heterocycles. The van der Waals surface area contributed by atoms with Gasteiger partial charge in [-0.2, -0.15) is 9.97 Å². The monoisotopic (exact) mass is 406 g/mol. The number of nitrogens with one attached hydrogen (secondary N) is 3. The summed E-state index contributed by atoms with van der Waals surface area (Å²) in [6.07, 6.45) is 3.02. The molecule has 3 aromatic rings. The minimum atomic E-state index is 0.371. The molecule has 0 radical (unpaired) electrons. The number of likely N-dealkylation sites (tertiary alicyclic amines) is 1. The molecule has 3 N–H and O–H groups in total. The van der Waals surface area contributed by atoms with E-state index in [1.807, 2.05) is 6.20 Å². The molecule has 1 aliphatic rings. The van der Waals surface area contributed by atoms with Gasteiger partial charge in [0.15, 0.2) is 0 Å². The molecule has 1 fully saturated rings. The van der Waals surface area contributed by atoms with E-state index < -0.39 is 0 Å². The predicted octanol–water partition coefficient (Wildman–Crippen LogP) is 5.16. The van der Waals surface area contributed by atoms with Crippen molar-refractivity contribution in [1.82, 2.24) is 19.9 Å². The highest BCUT2D eigenvalue weighted by Crippen LogP contribution is 2.32. The summed E-state index contributed by atoms with van der Waals surface area (Å²) in [5, 5.41) is 8.24. The number of fused-ring (bicyclic) bond motifs is 1. The molecular weight excluding hydrogens is 372 g/mol. The fourth-order valence-electron chi connectivity index (χ4n) is 4.54. The van der Waals surface area contributed by atoms with E-state index >= 15 is 0 Å². The Bertz CT molecular complexity index is 1060. The summed E-state index contributed by atoms with van der Waals surface area (Å²) in [7, 11) is 2.23. The molecule has 2 aromatic heterocycles. The largest absolute Gasteiger partial charge is 0.366 e. The number of anilines is 3. The van der Waals surface area contributed by atoms with Gasteiger partial charge in [-0.25, -0.2) is 0 Å². The average Bonchev–Trinajstić information content (AvgIpc) is 3.20. The van der Waals surface area contributed by atoms with Crippen molar-refractivity contribution in [3.63, 3.8) is 0 Å². The molecule has 160 valence electrons.